The van der Waals surface area contributed by atoms with Gasteiger partial charge in [-0.15, -0.1) is 0 Å². The van der Waals surface area contributed by atoms with Crippen molar-refractivity contribution in [3.8, 4) is 11.1 Å². The van der Waals surface area contributed by atoms with E-state index in [9.17, 15) is 4.79 Å². The molecule has 1 aliphatic carbocycles. The SMILES string of the molecule is CC(C(=O)NCC1CCC1)n1cc(-c2ccccc2)cn1. The van der Waals surface area contributed by atoms with Crippen LogP contribution in [-0.4, -0.2) is 22.2 Å². The molecule has 0 aliphatic heterocycles. The van der Waals surface area contributed by atoms with Crippen molar-refractivity contribution in [2.45, 2.75) is 32.2 Å². The van der Waals surface area contributed by atoms with E-state index in [4.69, 9.17) is 0 Å². The normalized spacial score (nSPS) is 16.2. The monoisotopic (exact) mass is 283 g/mol. The van der Waals surface area contributed by atoms with E-state index in [0.29, 0.717) is 5.92 Å². The molecule has 0 radical (unpaired) electrons. The Balaban J connectivity index is 1.63. The molecule has 0 saturated heterocycles. The zero-order chi connectivity index (χ0) is 14.7. The van der Waals surface area contributed by atoms with E-state index in [1.807, 2.05) is 49.6 Å². The molecule has 4 nitrogen and oxygen atoms in total. The van der Waals surface area contributed by atoms with Crippen molar-refractivity contribution in [2.24, 2.45) is 5.92 Å². The molecule has 110 valence electrons. The molecule has 0 bridgehead atoms. The van der Waals surface area contributed by atoms with E-state index in [1.165, 1.54) is 19.3 Å². The van der Waals surface area contributed by atoms with Crippen molar-refractivity contribution in [1.29, 1.82) is 0 Å². The lowest BCUT2D eigenvalue weighted by molar-refractivity contribution is -0.124. The second-order valence-electron chi connectivity index (χ2n) is 5.79. The summed E-state index contributed by atoms with van der Waals surface area (Å²) in [7, 11) is 0. The van der Waals surface area contributed by atoms with Gasteiger partial charge in [-0.3, -0.25) is 9.48 Å². The molecule has 1 unspecified atom stereocenters. The van der Waals surface area contributed by atoms with Crippen molar-refractivity contribution in [2.75, 3.05) is 6.54 Å². The van der Waals surface area contributed by atoms with E-state index in [0.717, 1.165) is 17.7 Å². The second-order valence-corrected chi connectivity index (χ2v) is 5.79. The van der Waals surface area contributed by atoms with Gasteiger partial charge >= 0.3 is 0 Å². The van der Waals surface area contributed by atoms with Gasteiger partial charge in [-0.2, -0.15) is 5.10 Å². The van der Waals surface area contributed by atoms with Crippen LogP contribution in [0.1, 0.15) is 32.2 Å². The molecule has 1 saturated carbocycles. The third-order valence-corrected chi connectivity index (χ3v) is 4.27. The predicted octanol–water partition coefficient (Wildman–Crippen LogP) is 3.03. The van der Waals surface area contributed by atoms with Crippen LogP contribution in [0, 0.1) is 5.92 Å². The number of benzene rings is 1. The maximum absolute atomic E-state index is 12.2. The molecule has 1 atom stereocenters. The van der Waals surface area contributed by atoms with Crippen molar-refractivity contribution in [1.82, 2.24) is 15.1 Å². The highest BCUT2D eigenvalue weighted by molar-refractivity contribution is 5.80. The fourth-order valence-corrected chi connectivity index (χ4v) is 2.54. The quantitative estimate of drug-likeness (QED) is 0.917. The molecule has 3 rings (SSSR count). The Bertz CT molecular complexity index is 602. The summed E-state index contributed by atoms with van der Waals surface area (Å²) in [6.45, 7) is 2.69. The second kappa shape index (κ2) is 6.12. The van der Waals surface area contributed by atoms with Crippen molar-refractivity contribution in [3.63, 3.8) is 0 Å². The number of rotatable bonds is 5. The lowest BCUT2D eigenvalue weighted by Crippen LogP contribution is -2.36. The van der Waals surface area contributed by atoms with Crippen LogP contribution >= 0.6 is 0 Å². The topological polar surface area (TPSA) is 46.9 Å². The summed E-state index contributed by atoms with van der Waals surface area (Å²) in [6.07, 6.45) is 7.53. The molecule has 1 N–H and O–H groups in total. The van der Waals surface area contributed by atoms with Crippen molar-refractivity contribution >= 4 is 5.91 Å². The van der Waals surface area contributed by atoms with E-state index in [2.05, 4.69) is 10.4 Å². The predicted molar refractivity (Wildman–Crippen MR) is 82.7 cm³/mol. The smallest absolute Gasteiger partial charge is 0.244 e. The summed E-state index contributed by atoms with van der Waals surface area (Å²) in [5.41, 5.74) is 2.15. The number of hydrogen-bond acceptors (Lipinski definition) is 2. The lowest BCUT2D eigenvalue weighted by atomic mass is 9.85. The first-order chi connectivity index (χ1) is 10.2. The number of nitrogens with one attached hydrogen (secondary N) is 1. The maximum Gasteiger partial charge on any atom is 0.244 e. The van der Waals surface area contributed by atoms with Gasteiger partial charge in [0.15, 0.2) is 0 Å². The van der Waals surface area contributed by atoms with Gasteiger partial charge in [-0.1, -0.05) is 36.8 Å². The Morgan fingerprint density at radius 2 is 2.10 bits per heavy atom. The van der Waals surface area contributed by atoms with E-state index in [1.54, 1.807) is 4.68 Å². The Morgan fingerprint density at radius 3 is 2.76 bits per heavy atom. The van der Waals surface area contributed by atoms with Crippen LogP contribution in [0.3, 0.4) is 0 Å². The average molecular weight is 283 g/mol. The first-order valence-corrected chi connectivity index (χ1v) is 7.61. The third-order valence-electron chi connectivity index (χ3n) is 4.27. The fourth-order valence-electron chi connectivity index (χ4n) is 2.54. The number of amides is 1. The molecule has 4 heteroatoms. The molecule has 1 aromatic heterocycles. The zero-order valence-corrected chi connectivity index (χ0v) is 12.3. The molecule has 1 fully saturated rings. The highest BCUT2D eigenvalue weighted by Crippen LogP contribution is 2.25. The van der Waals surface area contributed by atoms with Gasteiger partial charge in [-0.05, 0) is 31.2 Å². The van der Waals surface area contributed by atoms with Crippen LogP contribution in [0.4, 0.5) is 0 Å². The standard InChI is InChI=1S/C17H21N3O/c1-13(17(21)18-10-14-6-5-7-14)20-12-16(11-19-20)15-8-3-2-4-9-15/h2-4,8-9,11-14H,5-7,10H2,1H3,(H,18,21). The molecular formula is C17H21N3O. The first kappa shape index (κ1) is 13.9. The van der Waals surface area contributed by atoms with Gasteiger partial charge in [0.25, 0.3) is 0 Å². The van der Waals surface area contributed by atoms with Crippen LogP contribution in [-0.2, 0) is 4.79 Å². The summed E-state index contributed by atoms with van der Waals surface area (Å²) in [5, 5.41) is 7.36. The highest BCUT2D eigenvalue weighted by Gasteiger charge is 2.21. The summed E-state index contributed by atoms with van der Waals surface area (Å²) in [6, 6.07) is 9.81. The fraction of sp³-hybridized carbons (Fsp3) is 0.412. The molecule has 1 aliphatic rings. The Kier molecular flexibility index (Phi) is 4.04. The number of nitrogens with zero attached hydrogens (tertiary/aromatic N) is 2. The Hall–Kier alpha value is -2.10. The maximum atomic E-state index is 12.2. The van der Waals surface area contributed by atoms with Crippen LogP contribution in [0.25, 0.3) is 11.1 Å². The van der Waals surface area contributed by atoms with E-state index < -0.39 is 0 Å². The number of aromatic nitrogens is 2. The highest BCUT2D eigenvalue weighted by atomic mass is 16.2. The molecule has 1 heterocycles. The molecule has 2 aromatic rings. The third kappa shape index (κ3) is 3.15. The largest absolute Gasteiger partial charge is 0.354 e. The van der Waals surface area contributed by atoms with Crippen molar-refractivity contribution < 1.29 is 4.79 Å². The van der Waals surface area contributed by atoms with Crippen LogP contribution < -0.4 is 5.32 Å². The van der Waals surface area contributed by atoms with Gasteiger partial charge in [0.2, 0.25) is 5.91 Å². The summed E-state index contributed by atoms with van der Waals surface area (Å²) >= 11 is 0. The minimum absolute atomic E-state index is 0.0459. The van der Waals surface area contributed by atoms with Crippen molar-refractivity contribution in [3.05, 3.63) is 42.7 Å². The van der Waals surface area contributed by atoms with Gasteiger partial charge < -0.3 is 5.32 Å². The first-order valence-electron chi connectivity index (χ1n) is 7.61. The molecule has 1 aromatic carbocycles. The van der Waals surface area contributed by atoms with Gasteiger partial charge in [0, 0.05) is 18.3 Å². The van der Waals surface area contributed by atoms with Gasteiger partial charge in [0.1, 0.15) is 6.04 Å². The van der Waals surface area contributed by atoms with Gasteiger partial charge in [-0.25, -0.2) is 0 Å². The van der Waals surface area contributed by atoms with Crippen LogP contribution in [0.2, 0.25) is 0 Å². The molecule has 21 heavy (non-hydrogen) atoms. The van der Waals surface area contributed by atoms with Crippen LogP contribution in [0.15, 0.2) is 42.7 Å². The number of hydrogen-bond donors (Lipinski definition) is 1. The number of carbonyl (C=O) groups excluding carboxylic acids is 1. The lowest BCUT2D eigenvalue weighted by Gasteiger charge is -2.26. The number of carbonyl (C=O) groups is 1. The average Bonchev–Trinajstić information content (AvgIpc) is 2.95. The molecule has 0 spiro atoms. The molecular weight excluding hydrogens is 262 g/mol. The minimum Gasteiger partial charge on any atom is -0.354 e. The van der Waals surface area contributed by atoms with E-state index in [-0.39, 0.29) is 11.9 Å². The Morgan fingerprint density at radius 1 is 1.33 bits per heavy atom. The summed E-state index contributed by atoms with van der Waals surface area (Å²) < 4.78 is 1.73. The summed E-state index contributed by atoms with van der Waals surface area (Å²) in [4.78, 5) is 12.2. The van der Waals surface area contributed by atoms with Gasteiger partial charge in [0.05, 0.1) is 6.20 Å². The molecule has 1 amide bonds. The van der Waals surface area contributed by atoms with E-state index >= 15 is 0 Å². The zero-order valence-electron chi connectivity index (χ0n) is 12.3. The Labute approximate surface area is 125 Å². The summed E-state index contributed by atoms with van der Waals surface area (Å²) in [5.74, 6) is 0.725. The minimum atomic E-state index is -0.275. The van der Waals surface area contributed by atoms with Crippen LogP contribution in [0.5, 0.6) is 0 Å².